The molecule has 5 heteroatoms. The smallest absolute Gasteiger partial charge is 0.348 e. The number of likely N-dealkylation sites (tertiary alicyclic amines) is 1. The number of thiophene rings is 1. The highest BCUT2D eigenvalue weighted by atomic mass is 32.1. The van der Waals surface area contributed by atoms with Gasteiger partial charge in [-0.3, -0.25) is 4.90 Å². The summed E-state index contributed by atoms with van der Waals surface area (Å²) in [6.45, 7) is 4.99. The van der Waals surface area contributed by atoms with Gasteiger partial charge in [-0.25, -0.2) is 4.79 Å². The number of hydrogen-bond acceptors (Lipinski definition) is 5. The number of aliphatic hydroxyl groups is 1. The van der Waals surface area contributed by atoms with Gasteiger partial charge in [0.1, 0.15) is 4.88 Å². The summed E-state index contributed by atoms with van der Waals surface area (Å²) in [5, 5.41) is 11.4. The monoisotopic (exact) mass is 283 g/mol. The van der Waals surface area contributed by atoms with Crippen molar-refractivity contribution in [3.63, 3.8) is 0 Å². The van der Waals surface area contributed by atoms with Gasteiger partial charge >= 0.3 is 5.97 Å². The molecule has 1 aromatic heterocycles. The van der Waals surface area contributed by atoms with Gasteiger partial charge in [0, 0.05) is 25.1 Å². The maximum Gasteiger partial charge on any atom is 0.348 e. The fourth-order valence-electron chi connectivity index (χ4n) is 2.66. The first kappa shape index (κ1) is 14.5. The molecule has 0 radical (unpaired) electrons. The third kappa shape index (κ3) is 3.35. The number of piperidine rings is 1. The highest BCUT2D eigenvalue weighted by molar-refractivity contribution is 7.12. The minimum atomic E-state index is -0.257. The van der Waals surface area contributed by atoms with Crippen molar-refractivity contribution in [3.8, 4) is 0 Å². The Hall–Kier alpha value is -0.910. The van der Waals surface area contributed by atoms with Gasteiger partial charge in [0.15, 0.2) is 0 Å². The minimum absolute atomic E-state index is 0.0142. The van der Waals surface area contributed by atoms with E-state index in [9.17, 15) is 9.90 Å². The molecular weight excluding hydrogens is 262 g/mol. The van der Waals surface area contributed by atoms with Crippen molar-refractivity contribution in [1.82, 2.24) is 4.90 Å². The minimum Gasteiger partial charge on any atom is -0.465 e. The first-order chi connectivity index (χ1) is 9.08. The molecule has 0 spiro atoms. The molecule has 0 amide bonds. The van der Waals surface area contributed by atoms with E-state index in [0.717, 1.165) is 38.0 Å². The van der Waals surface area contributed by atoms with E-state index in [-0.39, 0.29) is 18.0 Å². The van der Waals surface area contributed by atoms with Crippen LogP contribution in [0.4, 0.5) is 0 Å². The number of esters is 1. The Morgan fingerprint density at radius 1 is 1.63 bits per heavy atom. The van der Waals surface area contributed by atoms with Crippen LogP contribution < -0.4 is 0 Å². The van der Waals surface area contributed by atoms with Crippen LogP contribution in [0.25, 0.3) is 0 Å². The Kier molecular flexibility index (Phi) is 4.60. The van der Waals surface area contributed by atoms with Gasteiger partial charge in [0.2, 0.25) is 0 Å². The predicted octanol–water partition coefficient (Wildman–Crippen LogP) is 2.13. The number of ether oxygens (including phenoxy) is 1. The van der Waals surface area contributed by atoms with E-state index in [4.69, 9.17) is 4.74 Å². The SMILES string of the molecule is COC(=O)c1sccc1CN1CCCC(C)(CO)C1. The summed E-state index contributed by atoms with van der Waals surface area (Å²) in [4.78, 5) is 14.7. The molecule has 0 saturated carbocycles. The molecule has 1 atom stereocenters. The van der Waals surface area contributed by atoms with Gasteiger partial charge in [0.25, 0.3) is 0 Å². The average molecular weight is 283 g/mol. The molecule has 1 N–H and O–H groups in total. The van der Waals surface area contributed by atoms with E-state index in [0.29, 0.717) is 4.88 Å². The van der Waals surface area contributed by atoms with Gasteiger partial charge in [-0.1, -0.05) is 6.92 Å². The third-order valence-corrected chi connectivity index (χ3v) is 4.69. The van der Waals surface area contributed by atoms with E-state index >= 15 is 0 Å². The summed E-state index contributed by atoms with van der Waals surface area (Å²) < 4.78 is 4.80. The molecule has 0 bridgehead atoms. The van der Waals surface area contributed by atoms with E-state index < -0.39 is 0 Å². The zero-order valence-electron chi connectivity index (χ0n) is 11.5. The largest absolute Gasteiger partial charge is 0.465 e. The standard InChI is InChI=1S/C14H21NO3S/c1-14(10-16)5-3-6-15(9-14)8-11-4-7-19-12(11)13(17)18-2/h4,7,16H,3,5-6,8-10H2,1-2H3. The van der Waals surface area contributed by atoms with Crippen LogP contribution in [-0.4, -0.2) is 42.8 Å². The predicted molar refractivity (Wildman–Crippen MR) is 75.4 cm³/mol. The maximum atomic E-state index is 11.7. The van der Waals surface area contributed by atoms with Crippen molar-refractivity contribution in [2.45, 2.75) is 26.3 Å². The van der Waals surface area contributed by atoms with Crippen LogP contribution in [0.15, 0.2) is 11.4 Å². The lowest BCUT2D eigenvalue weighted by atomic mass is 9.82. The number of nitrogens with zero attached hydrogens (tertiary/aromatic N) is 1. The molecule has 4 nitrogen and oxygen atoms in total. The lowest BCUT2D eigenvalue weighted by Gasteiger charge is -2.39. The quantitative estimate of drug-likeness (QED) is 0.860. The lowest BCUT2D eigenvalue weighted by molar-refractivity contribution is 0.0424. The number of hydrogen-bond donors (Lipinski definition) is 1. The molecule has 0 aromatic carbocycles. The summed E-state index contributed by atoms with van der Waals surface area (Å²) >= 11 is 1.43. The molecule has 1 aliphatic heterocycles. The van der Waals surface area contributed by atoms with Crippen molar-refractivity contribution >= 4 is 17.3 Å². The van der Waals surface area contributed by atoms with Crippen LogP contribution in [0.1, 0.15) is 35.0 Å². The molecule has 1 aliphatic rings. The summed E-state index contributed by atoms with van der Waals surface area (Å²) in [5.41, 5.74) is 1.01. The summed E-state index contributed by atoms with van der Waals surface area (Å²) in [5.74, 6) is -0.257. The van der Waals surface area contributed by atoms with E-state index in [1.165, 1.54) is 18.4 Å². The van der Waals surface area contributed by atoms with Crippen molar-refractivity contribution in [3.05, 3.63) is 21.9 Å². The summed E-state index contributed by atoms with van der Waals surface area (Å²) in [6, 6.07) is 1.99. The normalized spacial score (nSPS) is 24.4. The fraction of sp³-hybridized carbons (Fsp3) is 0.643. The first-order valence-electron chi connectivity index (χ1n) is 6.56. The van der Waals surface area contributed by atoms with Gasteiger partial charge in [-0.15, -0.1) is 11.3 Å². The van der Waals surface area contributed by atoms with Crippen LogP contribution in [0.5, 0.6) is 0 Å². The molecule has 1 fully saturated rings. The van der Waals surface area contributed by atoms with Crippen LogP contribution >= 0.6 is 11.3 Å². The van der Waals surface area contributed by atoms with Crippen LogP contribution in [0.2, 0.25) is 0 Å². The van der Waals surface area contributed by atoms with E-state index in [1.54, 1.807) is 0 Å². The number of carbonyl (C=O) groups excluding carboxylic acids is 1. The zero-order chi connectivity index (χ0) is 13.9. The second-order valence-corrected chi connectivity index (χ2v) is 6.47. The zero-order valence-corrected chi connectivity index (χ0v) is 12.3. The third-order valence-electron chi connectivity index (χ3n) is 3.75. The second kappa shape index (κ2) is 6.03. The molecule has 0 aliphatic carbocycles. The Bertz CT molecular complexity index is 446. The fourth-order valence-corrected chi connectivity index (χ4v) is 3.50. The topological polar surface area (TPSA) is 49.8 Å². The van der Waals surface area contributed by atoms with Crippen LogP contribution in [-0.2, 0) is 11.3 Å². The lowest BCUT2D eigenvalue weighted by Crippen LogP contribution is -2.43. The molecule has 2 heterocycles. The molecule has 1 aromatic rings. The van der Waals surface area contributed by atoms with Crippen molar-refractivity contribution in [2.24, 2.45) is 5.41 Å². The Morgan fingerprint density at radius 2 is 2.42 bits per heavy atom. The van der Waals surface area contributed by atoms with Gasteiger partial charge in [0.05, 0.1) is 7.11 Å². The number of aliphatic hydroxyl groups excluding tert-OH is 1. The first-order valence-corrected chi connectivity index (χ1v) is 7.44. The number of carbonyl (C=O) groups is 1. The number of rotatable bonds is 4. The molecule has 1 saturated heterocycles. The molecule has 2 rings (SSSR count). The highest BCUT2D eigenvalue weighted by Gasteiger charge is 2.30. The summed E-state index contributed by atoms with van der Waals surface area (Å²) in [6.07, 6.45) is 2.16. The summed E-state index contributed by atoms with van der Waals surface area (Å²) in [7, 11) is 1.41. The molecule has 106 valence electrons. The van der Waals surface area contributed by atoms with E-state index in [1.807, 2.05) is 11.4 Å². The van der Waals surface area contributed by atoms with Gasteiger partial charge in [-0.05, 0) is 36.4 Å². The van der Waals surface area contributed by atoms with Crippen molar-refractivity contribution in [2.75, 3.05) is 26.8 Å². The Morgan fingerprint density at radius 3 is 3.11 bits per heavy atom. The van der Waals surface area contributed by atoms with Crippen LogP contribution in [0, 0.1) is 5.41 Å². The highest BCUT2D eigenvalue weighted by Crippen LogP contribution is 2.30. The molecule has 1 unspecified atom stereocenters. The van der Waals surface area contributed by atoms with Gasteiger partial charge in [-0.2, -0.15) is 0 Å². The Balaban J connectivity index is 2.05. The van der Waals surface area contributed by atoms with Crippen LogP contribution in [0.3, 0.4) is 0 Å². The molecular formula is C14H21NO3S. The van der Waals surface area contributed by atoms with Gasteiger partial charge < -0.3 is 9.84 Å². The van der Waals surface area contributed by atoms with Crippen molar-refractivity contribution in [1.29, 1.82) is 0 Å². The van der Waals surface area contributed by atoms with Crippen molar-refractivity contribution < 1.29 is 14.6 Å². The Labute approximate surface area is 118 Å². The molecule has 19 heavy (non-hydrogen) atoms. The second-order valence-electron chi connectivity index (χ2n) is 5.55. The average Bonchev–Trinajstić information content (AvgIpc) is 2.86. The number of methoxy groups -OCH3 is 1. The maximum absolute atomic E-state index is 11.7. The van der Waals surface area contributed by atoms with E-state index in [2.05, 4.69) is 11.8 Å².